The summed E-state index contributed by atoms with van der Waals surface area (Å²) in [5.74, 6) is -0.994. The van der Waals surface area contributed by atoms with E-state index in [2.05, 4.69) is 4.98 Å². The molecule has 0 saturated heterocycles. The lowest BCUT2D eigenvalue weighted by Gasteiger charge is -2.18. The predicted molar refractivity (Wildman–Crippen MR) is 119 cm³/mol. The van der Waals surface area contributed by atoms with Gasteiger partial charge in [-0.1, -0.05) is 6.07 Å². The highest BCUT2D eigenvalue weighted by Gasteiger charge is 2.26. The van der Waals surface area contributed by atoms with Crippen molar-refractivity contribution in [2.75, 3.05) is 11.9 Å². The molecular weight excluding hydrogens is 433 g/mol. The van der Waals surface area contributed by atoms with Crippen molar-refractivity contribution < 1.29 is 22.7 Å². The van der Waals surface area contributed by atoms with Gasteiger partial charge in [0.25, 0.3) is 10.0 Å². The molecule has 0 unspecified atom stereocenters. The Bertz CT molecular complexity index is 1420. The van der Waals surface area contributed by atoms with Gasteiger partial charge in [-0.2, -0.15) is 0 Å². The predicted octanol–water partition coefficient (Wildman–Crippen LogP) is 4.12. The molecule has 0 amide bonds. The second-order valence-electron chi connectivity index (χ2n) is 7.31. The molecule has 0 aliphatic rings. The molecule has 0 atom stereocenters. The van der Waals surface area contributed by atoms with E-state index in [1.165, 1.54) is 25.1 Å². The van der Waals surface area contributed by atoms with Crippen LogP contribution in [-0.4, -0.2) is 35.5 Å². The number of benzene rings is 2. The average Bonchev–Trinajstić information content (AvgIpc) is 3.05. The molecule has 0 fully saturated rings. The summed E-state index contributed by atoms with van der Waals surface area (Å²) in [5.41, 5.74) is 1.48. The van der Waals surface area contributed by atoms with Crippen LogP contribution < -0.4 is 4.90 Å². The first-order chi connectivity index (χ1) is 15.2. The first-order valence-electron chi connectivity index (χ1n) is 9.72. The standard InChI is InChI=1S/C23H20FN3O4S/c1-15-19(14-23(28)29)20-13-16(24)6-11-21(20)27(15)32(30,31)18-9-7-17(8-10-18)26(2)22-5-3-4-12-25-22/h3-13H,14H2,1-2H3,(H,28,29). The Morgan fingerprint density at radius 3 is 2.47 bits per heavy atom. The smallest absolute Gasteiger partial charge is 0.307 e. The normalized spacial score (nSPS) is 11.6. The lowest BCUT2D eigenvalue weighted by molar-refractivity contribution is -0.136. The van der Waals surface area contributed by atoms with Crippen molar-refractivity contribution in [2.24, 2.45) is 0 Å². The van der Waals surface area contributed by atoms with Gasteiger partial charge in [0.05, 0.1) is 16.8 Å². The molecule has 1 N–H and O–H groups in total. The highest BCUT2D eigenvalue weighted by molar-refractivity contribution is 7.90. The fourth-order valence-corrected chi connectivity index (χ4v) is 5.32. The summed E-state index contributed by atoms with van der Waals surface area (Å²) in [7, 11) is -2.24. The Labute approximate surface area is 184 Å². The van der Waals surface area contributed by atoms with E-state index < -0.39 is 28.2 Å². The van der Waals surface area contributed by atoms with E-state index >= 15 is 0 Å². The van der Waals surface area contributed by atoms with Crippen molar-refractivity contribution in [2.45, 2.75) is 18.2 Å². The number of nitrogens with zero attached hydrogens (tertiary/aromatic N) is 3. The molecular formula is C23H20FN3O4S. The Balaban J connectivity index is 1.80. The number of carboxylic acids is 1. The van der Waals surface area contributed by atoms with Crippen LogP contribution in [-0.2, 0) is 21.2 Å². The molecule has 2 aromatic heterocycles. The van der Waals surface area contributed by atoms with E-state index in [0.29, 0.717) is 5.82 Å². The van der Waals surface area contributed by atoms with E-state index in [-0.39, 0.29) is 27.1 Å². The monoisotopic (exact) mass is 453 g/mol. The van der Waals surface area contributed by atoms with Gasteiger partial charge in [0.1, 0.15) is 11.6 Å². The summed E-state index contributed by atoms with van der Waals surface area (Å²) in [4.78, 5) is 17.5. The third-order valence-electron chi connectivity index (χ3n) is 5.33. The van der Waals surface area contributed by atoms with Gasteiger partial charge < -0.3 is 10.0 Å². The molecule has 0 aliphatic carbocycles. The molecule has 0 saturated carbocycles. The van der Waals surface area contributed by atoms with Gasteiger partial charge in [0.2, 0.25) is 0 Å². The Morgan fingerprint density at radius 1 is 1.12 bits per heavy atom. The van der Waals surface area contributed by atoms with Crippen molar-refractivity contribution >= 4 is 38.4 Å². The zero-order valence-electron chi connectivity index (χ0n) is 17.4. The lowest BCUT2D eigenvalue weighted by atomic mass is 10.1. The zero-order chi connectivity index (χ0) is 23.0. The molecule has 4 rings (SSSR count). The van der Waals surface area contributed by atoms with E-state index in [0.717, 1.165) is 21.8 Å². The summed E-state index contributed by atoms with van der Waals surface area (Å²) in [6, 6.07) is 15.5. The number of aliphatic carboxylic acids is 1. The molecule has 164 valence electrons. The minimum Gasteiger partial charge on any atom is -0.481 e. The average molecular weight is 453 g/mol. The van der Waals surface area contributed by atoms with Gasteiger partial charge in [-0.15, -0.1) is 0 Å². The number of aromatic nitrogens is 2. The maximum atomic E-state index is 13.9. The minimum absolute atomic E-state index is 0.0295. The van der Waals surface area contributed by atoms with Crippen molar-refractivity contribution in [1.82, 2.24) is 8.96 Å². The molecule has 32 heavy (non-hydrogen) atoms. The molecule has 0 spiro atoms. The van der Waals surface area contributed by atoms with Crippen LogP contribution in [0.2, 0.25) is 0 Å². The Hall–Kier alpha value is -3.72. The summed E-state index contributed by atoms with van der Waals surface area (Å²) in [5, 5.41) is 9.53. The van der Waals surface area contributed by atoms with Gasteiger partial charge in [0.15, 0.2) is 0 Å². The van der Waals surface area contributed by atoms with Crippen LogP contribution in [0.4, 0.5) is 15.9 Å². The lowest BCUT2D eigenvalue weighted by Crippen LogP contribution is -2.16. The van der Waals surface area contributed by atoms with Gasteiger partial charge in [0, 0.05) is 30.0 Å². The van der Waals surface area contributed by atoms with E-state index in [4.69, 9.17) is 0 Å². The van der Waals surface area contributed by atoms with Crippen LogP contribution in [0.5, 0.6) is 0 Å². The number of pyridine rings is 1. The molecule has 9 heteroatoms. The van der Waals surface area contributed by atoms with Crippen LogP contribution in [0.1, 0.15) is 11.3 Å². The number of fused-ring (bicyclic) bond motifs is 1. The van der Waals surface area contributed by atoms with Crippen molar-refractivity contribution in [3.8, 4) is 0 Å². The Kier molecular flexibility index (Phi) is 5.43. The van der Waals surface area contributed by atoms with Crippen LogP contribution in [0.15, 0.2) is 71.8 Å². The van der Waals surface area contributed by atoms with Gasteiger partial charge in [-0.25, -0.2) is 21.8 Å². The van der Waals surface area contributed by atoms with Crippen molar-refractivity contribution in [3.05, 3.63) is 83.9 Å². The quantitative estimate of drug-likeness (QED) is 0.472. The van der Waals surface area contributed by atoms with Gasteiger partial charge in [-0.05, 0) is 67.1 Å². The van der Waals surface area contributed by atoms with Gasteiger partial charge in [-0.3, -0.25) is 4.79 Å². The number of anilines is 2. The number of carboxylic acid groups (broad SMARTS) is 1. The number of hydrogen-bond acceptors (Lipinski definition) is 5. The fraction of sp³-hybridized carbons (Fsp3) is 0.130. The largest absolute Gasteiger partial charge is 0.481 e. The first-order valence-corrected chi connectivity index (χ1v) is 11.2. The first kappa shape index (κ1) is 21.5. The number of carbonyl (C=O) groups is 1. The summed E-state index contributed by atoms with van der Waals surface area (Å²) < 4.78 is 41.9. The topological polar surface area (TPSA) is 92.5 Å². The Morgan fingerprint density at radius 2 is 1.84 bits per heavy atom. The number of halogens is 1. The van der Waals surface area contributed by atoms with Crippen LogP contribution in [0.25, 0.3) is 10.9 Å². The highest BCUT2D eigenvalue weighted by atomic mass is 32.2. The van der Waals surface area contributed by atoms with E-state index in [1.807, 2.05) is 24.1 Å². The molecule has 0 aliphatic heterocycles. The van der Waals surface area contributed by atoms with Crippen LogP contribution >= 0.6 is 0 Å². The van der Waals surface area contributed by atoms with Crippen LogP contribution in [0.3, 0.4) is 0 Å². The summed E-state index contributed by atoms with van der Waals surface area (Å²) >= 11 is 0. The van der Waals surface area contributed by atoms with Gasteiger partial charge >= 0.3 is 5.97 Å². The molecule has 0 radical (unpaired) electrons. The molecule has 7 nitrogen and oxygen atoms in total. The maximum absolute atomic E-state index is 13.9. The van der Waals surface area contributed by atoms with Crippen LogP contribution in [0, 0.1) is 12.7 Å². The van der Waals surface area contributed by atoms with E-state index in [9.17, 15) is 22.7 Å². The number of hydrogen-bond donors (Lipinski definition) is 1. The zero-order valence-corrected chi connectivity index (χ0v) is 18.2. The second-order valence-corrected chi connectivity index (χ2v) is 9.09. The van der Waals surface area contributed by atoms with Crippen molar-refractivity contribution in [1.29, 1.82) is 0 Å². The minimum atomic E-state index is -4.06. The summed E-state index contributed by atoms with van der Waals surface area (Å²) in [6.07, 6.45) is 1.25. The second kappa shape index (κ2) is 8.08. The fourth-order valence-electron chi connectivity index (χ4n) is 3.74. The third-order valence-corrected chi connectivity index (χ3v) is 7.15. The number of rotatable bonds is 6. The van der Waals surface area contributed by atoms with E-state index in [1.54, 1.807) is 24.4 Å². The SMILES string of the molecule is Cc1c(CC(=O)O)c2cc(F)ccc2n1S(=O)(=O)c1ccc(N(C)c2ccccn2)cc1. The third kappa shape index (κ3) is 3.71. The molecule has 2 heterocycles. The van der Waals surface area contributed by atoms with Crippen molar-refractivity contribution in [3.63, 3.8) is 0 Å². The summed E-state index contributed by atoms with van der Waals surface area (Å²) in [6.45, 7) is 1.52. The molecule has 2 aromatic carbocycles. The molecule has 4 aromatic rings. The maximum Gasteiger partial charge on any atom is 0.307 e. The molecule has 0 bridgehead atoms. The highest BCUT2D eigenvalue weighted by Crippen LogP contribution is 2.32.